The summed E-state index contributed by atoms with van der Waals surface area (Å²) in [5.41, 5.74) is 1.24. The summed E-state index contributed by atoms with van der Waals surface area (Å²) in [7, 11) is 4.14. The summed E-state index contributed by atoms with van der Waals surface area (Å²) in [5, 5.41) is 0. The van der Waals surface area contributed by atoms with E-state index in [1.165, 1.54) is 18.4 Å². The average Bonchev–Trinajstić information content (AvgIpc) is 2.30. The smallest absolute Gasteiger partial charge is 0.0976 e. The second kappa shape index (κ2) is 7.53. The fourth-order valence-electron chi connectivity index (χ4n) is 1.62. The molecule has 1 aromatic carbocycles. The third-order valence-corrected chi connectivity index (χ3v) is 3.33. The summed E-state index contributed by atoms with van der Waals surface area (Å²) < 4.78 is 1.13. The van der Waals surface area contributed by atoms with Gasteiger partial charge in [0.25, 0.3) is 0 Å². The van der Waals surface area contributed by atoms with E-state index in [-0.39, 0.29) is 6.04 Å². The zero-order valence-corrected chi connectivity index (χ0v) is 12.4. The van der Waals surface area contributed by atoms with Crippen molar-refractivity contribution in [2.75, 3.05) is 14.1 Å². The fraction of sp³-hybridized carbons (Fsp3) is 0.467. The Hall–Kier alpha value is -0.780. The van der Waals surface area contributed by atoms with Gasteiger partial charge in [0, 0.05) is 10.9 Å². The lowest BCUT2D eigenvalue weighted by molar-refractivity contribution is 0.360. The van der Waals surface area contributed by atoms with E-state index in [2.05, 4.69) is 71.9 Å². The Bertz CT molecular complexity index is 401. The van der Waals surface area contributed by atoms with Gasteiger partial charge in [-0.3, -0.25) is 4.90 Å². The Morgan fingerprint density at radius 1 is 1.29 bits per heavy atom. The monoisotopic (exact) mass is 293 g/mol. The zero-order chi connectivity index (χ0) is 12.7. The number of halogens is 1. The van der Waals surface area contributed by atoms with Crippen molar-refractivity contribution >= 4 is 15.9 Å². The molecule has 0 bridgehead atoms. The molecule has 2 heteroatoms. The minimum atomic E-state index is 0.169. The van der Waals surface area contributed by atoms with Gasteiger partial charge in [0.15, 0.2) is 0 Å². The molecule has 17 heavy (non-hydrogen) atoms. The van der Waals surface area contributed by atoms with Crippen LogP contribution in [0.5, 0.6) is 0 Å². The van der Waals surface area contributed by atoms with Crippen molar-refractivity contribution in [1.82, 2.24) is 4.90 Å². The van der Waals surface area contributed by atoms with Gasteiger partial charge in [-0.15, -0.1) is 5.92 Å². The van der Waals surface area contributed by atoms with Crippen molar-refractivity contribution in [3.63, 3.8) is 0 Å². The molecule has 0 N–H and O–H groups in total. The van der Waals surface area contributed by atoms with E-state index >= 15 is 0 Å². The summed E-state index contributed by atoms with van der Waals surface area (Å²) in [6, 6.07) is 8.46. The minimum absolute atomic E-state index is 0.169. The van der Waals surface area contributed by atoms with Crippen LogP contribution in [0.2, 0.25) is 0 Å². The van der Waals surface area contributed by atoms with Crippen molar-refractivity contribution in [3.05, 3.63) is 34.3 Å². The zero-order valence-electron chi connectivity index (χ0n) is 10.8. The molecule has 0 amide bonds. The lowest BCUT2D eigenvalue weighted by atomic mass is 10.1. The number of nitrogens with zero attached hydrogens (tertiary/aromatic N) is 1. The summed E-state index contributed by atoms with van der Waals surface area (Å²) in [4.78, 5) is 2.15. The fourth-order valence-corrected chi connectivity index (χ4v) is 2.12. The molecule has 1 nitrogen and oxygen atoms in total. The molecule has 0 spiro atoms. The highest BCUT2D eigenvalue weighted by Crippen LogP contribution is 2.25. The number of hydrogen-bond acceptors (Lipinski definition) is 1. The molecule has 1 rings (SSSR count). The first-order valence-corrected chi connectivity index (χ1v) is 6.85. The molecule has 0 saturated heterocycles. The Labute approximate surface area is 113 Å². The number of benzene rings is 1. The van der Waals surface area contributed by atoms with Crippen molar-refractivity contribution in [2.45, 2.75) is 32.2 Å². The first-order chi connectivity index (χ1) is 8.16. The molecule has 0 radical (unpaired) electrons. The normalized spacial score (nSPS) is 12.1. The van der Waals surface area contributed by atoms with Crippen LogP contribution in [0.3, 0.4) is 0 Å². The Morgan fingerprint density at radius 2 is 2.00 bits per heavy atom. The number of rotatable bonds is 4. The maximum Gasteiger partial charge on any atom is 0.0976 e. The molecule has 0 fully saturated rings. The summed E-state index contributed by atoms with van der Waals surface area (Å²) in [6.45, 7) is 2.19. The van der Waals surface area contributed by atoms with E-state index in [0.29, 0.717) is 0 Å². The highest BCUT2D eigenvalue weighted by Gasteiger charge is 2.13. The van der Waals surface area contributed by atoms with Crippen LogP contribution in [-0.4, -0.2) is 19.0 Å². The molecule has 0 aliphatic heterocycles. The van der Waals surface area contributed by atoms with Gasteiger partial charge in [0.1, 0.15) is 0 Å². The van der Waals surface area contributed by atoms with Crippen molar-refractivity contribution in [1.29, 1.82) is 0 Å². The molecule has 1 atom stereocenters. The molecule has 92 valence electrons. The van der Waals surface area contributed by atoms with E-state index in [4.69, 9.17) is 0 Å². The lowest BCUT2D eigenvalue weighted by Gasteiger charge is -2.20. The molecule has 0 aliphatic carbocycles. The van der Waals surface area contributed by atoms with E-state index in [9.17, 15) is 0 Å². The van der Waals surface area contributed by atoms with E-state index < -0.39 is 0 Å². The van der Waals surface area contributed by atoms with Crippen LogP contribution in [0.4, 0.5) is 0 Å². The third-order valence-electron chi connectivity index (χ3n) is 2.61. The molecule has 0 saturated carbocycles. The van der Waals surface area contributed by atoms with E-state index in [0.717, 1.165) is 10.9 Å². The second-order valence-electron chi connectivity index (χ2n) is 4.31. The molecular weight excluding hydrogens is 274 g/mol. The van der Waals surface area contributed by atoms with Crippen molar-refractivity contribution in [3.8, 4) is 11.8 Å². The topological polar surface area (TPSA) is 3.24 Å². The first-order valence-electron chi connectivity index (χ1n) is 6.06. The van der Waals surface area contributed by atoms with Gasteiger partial charge in [-0.1, -0.05) is 53.4 Å². The van der Waals surface area contributed by atoms with Crippen molar-refractivity contribution < 1.29 is 0 Å². The van der Waals surface area contributed by atoms with Crippen LogP contribution < -0.4 is 0 Å². The van der Waals surface area contributed by atoms with Gasteiger partial charge in [-0.05, 0) is 32.1 Å². The lowest BCUT2D eigenvalue weighted by Crippen LogP contribution is -2.18. The summed E-state index contributed by atoms with van der Waals surface area (Å²) >= 11 is 3.59. The Kier molecular flexibility index (Phi) is 6.32. The molecule has 1 unspecified atom stereocenters. The summed E-state index contributed by atoms with van der Waals surface area (Å²) in [5.74, 6) is 6.64. The molecule has 0 aromatic heterocycles. The molecular formula is C15H20BrN. The quantitative estimate of drug-likeness (QED) is 0.593. The van der Waals surface area contributed by atoms with Crippen LogP contribution in [-0.2, 0) is 0 Å². The highest BCUT2D eigenvalue weighted by atomic mass is 79.9. The largest absolute Gasteiger partial charge is 0.292 e. The summed E-state index contributed by atoms with van der Waals surface area (Å²) in [6.07, 6.45) is 3.38. The Morgan fingerprint density at radius 3 is 2.59 bits per heavy atom. The van der Waals surface area contributed by atoms with Gasteiger partial charge < -0.3 is 0 Å². The number of unbranched alkanes of at least 4 members (excludes halogenated alkanes) is 2. The maximum atomic E-state index is 3.59. The Balaban J connectivity index is 2.86. The van der Waals surface area contributed by atoms with Crippen LogP contribution in [0, 0.1) is 11.8 Å². The highest BCUT2D eigenvalue weighted by molar-refractivity contribution is 9.10. The number of hydrogen-bond donors (Lipinski definition) is 0. The maximum absolute atomic E-state index is 3.59. The van der Waals surface area contributed by atoms with E-state index in [1.807, 2.05) is 6.07 Å². The second-order valence-corrected chi connectivity index (χ2v) is 5.17. The molecule has 1 aromatic rings. The van der Waals surface area contributed by atoms with Gasteiger partial charge in [0.05, 0.1) is 6.04 Å². The first kappa shape index (κ1) is 14.3. The van der Waals surface area contributed by atoms with Crippen LogP contribution in [0.1, 0.15) is 37.8 Å². The molecule has 0 heterocycles. The van der Waals surface area contributed by atoms with Gasteiger partial charge in [0.2, 0.25) is 0 Å². The van der Waals surface area contributed by atoms with Gasteiger partial charge >= 0.3 is 0 Å². The van der Waals surface area contributed by atoms with Gasteiger partial charge in [-0.2, -0.15) is 0 Å². The van der Waals surface area contributed by atoms with Crippen LogP contribution >= 0.6 is 15.9 Å². The predicted octanol–water partition coefficient (Wildman–Crippen LogP) is 4.25. The third kappa shape index (κ3) is 4.53. The predicted molar refractivity (Wildman–Crippen MR) is 77.9 cm³/mol. The van der Waals surface area contributed by atoms with Crippen molar-refractivity contribution in [2.24, 2.45) is 0 Å². The van der Waals surface area contributed by atoms with E-state index in [1.54, 1.807) is 0 Å². The SMILES string of the molecule is CCCCC#CC(c1ccccc1Br)N(C)C. The van der Waals surface area contributed by atoms with Crippen LogP contribution in [0.25, 0.3) is 0 Å². The standard InChI is InChI=1S/C15H20BrN/c1-4-5-6-7-12-15(17(2)3)13-10-8-9-11-14(13)16/h8-11,15H,4-6H2,1-3H3. The van der Waals surface area contributed by atoms with Gasteiger partial charge in [-0.25, -0.2) is 0 Å². The average molecular weight is 294 g/mol. The molecule has 0 aliphatic rings. The minimum Gasteiger partial charge on any atom is -0.292 e. The van der Waals surface area contributed by atoms with Crippen LogP contribution in [0.15, 0.2) is 28.7 Å².